The molecule has 1 saturated heterocycles. The average molecular weight is 606 g/mol. The van der Waals surface area contributed by atoms with Crippen molar-refractivity contribution in [1.82, 2.24) is 14.5 Å². The molecule has 41 heavy (non-hydrogen) atoms. The number of piperazine rings is 1. The summed E-state index contributed by atoms with van der Waals surface area (Å²) in [4.78, 5) is 23.2. The number of aryl methyl sites for hydroxylation is 2. The zero-order valence-corrected chi connectivity index (χ0v) is 26.0. The van der Waals surface area contributed by atoms with E-state index in [9.17, 15) is 4.79 Å². The fraction of sp³-hybridized carbons (Fsp3) is 0.250. The molecular formula is C32H31Cl2N4O2P. The maximum atomic E-state index is 14.1. The van der Waals surface area contributed by atoms with Crippen LogP contribution >= 0.6 is 32.4 Å². The van der Waals surface area contributed by atoms with Crippen LogP contribution in [0.3, 0.4) is 0 Å². The van der Waals surface area contributed by atoms with Gasteiger partial charge in [0.05, 0.1) is 15.7 Å². The van der Waals surface area contributed by atoms with Crippen molar-refractivity contribution in [1.29, 1.82) is 0 Å². The second-order valence-electron chi connectivity index (χ2n) is 10.7. The van der Waals surface area contributed by atoms with E-state index in [1.807, 2.05) is 25.1 Å². The molecule has 0 saturated carbocycles. The zero-order valence-electron chi connectivity index (χ0n) is 23.3. The van der Waals surface area contributed by atoms with Gasteiger partial charge in [0.25, 0.3) is 0 Å². The van der Waals surface area contributed by atoms with Crippen molar-refractivity contribution in [3.05, 3.63) is 98.5 Å². The van der Waals surface area contributed by atoms with E-state index in [0.29, 0.717) is 46.0 Å². The minimum absolute atomic E-state index is 0.0474. The van der Waals surface area contributed by atoms with Gasteiger partial charge in [-0.05, 0) is 61.0 Å². The molecule has 0 N–H and O–H groups in total. The third-order valence-electron chi connectivity index (χ3n) is 8.19. The standard InChI is InChI=1S/C32H31Cl2N4O2P/c1-6-19(4)36-12-13-37(20(5)15-36)31-22-14-24(34)26-25-21(11-10-18(3)30(25)41)16-40-29(26)28(22)38(32(39)35-31)27-17(2)8-7-9-23(27)33/h6-11,14,20H,1,4,12-13,15-16,41H2,2-3,5H3/t20-/m0/s1. The Kier molecular flexibility index (Phi) is 7.14. The molecule has 6 nitrogen and oxygen atoms in total. The number of aromatic nitrogens is 2. The van der Waals surface area contributed by atoms with Crippen molar-refractivity contribution in [2.75, 3.05) is 24.5 Å². The molecule has 6 rings (SSSR count). The Bertz CT molecular complexity index is 1810. The number of para-hydroxylation sites is 1. The Balaban J connectivity index is 1.69. The minimum Gasteiger partial charge on any atom is -0.486 e. The van der Waals surface area contributed by atoms with Gasteiger partial charge in [0.15, 0.2) is 5.75 Å². The molecule has 0 spiro atoms. The van der Waals surface area contributed by atoms with Crippen LogP contribution in [0.15, 0.2) is 66.1 Å². The summed E-state index contributed by atoms with van der Waals surface area (Å²) in [7, 11) is 2.86. The Labute approximate surface area is 252 Å². The summed E-state index contributed by atoms with van der Waals surface area (Å²) in [6.07, 6.45) is 1.77. The fourth-order valence-corrected chi connectivity index (χ4v) is 7.03. The van der Waals surface area contributed by atoms with E-state index in [1.165, 1.54) is 0 Å². The molecule has 0 radical (unpaired) electrons. The van der Waals surface area contributed by atoms with E-state index in [4.69, 9.17) is 27.9 Å². The molecule has 0 amide bonds. The first-order valence-electron chi connectivity index (χ1n) is 13.5. The minimum atomic E-state index is -0.428. The highest BCUT2D eigenvalue weighted by atomic mass is 35.5. The van der Waals surface area contributed by atoms with E-state index in [-0.39, 0.29) is 6.04 Å². The number of hydrogen-bond acceptors (Lipinski definition) is 5. The lowest BCUT2D eigenvalue weighted by atomic mass is 9.93. The Morgan fingerprint density at radius 2 is 1.90 bits per heavy atom. The van der Waals surface area contributed by atoms with Gasteiger partial charge in [-0.15, -0.1) is 9.24 Å². The van der Waals surface area contributed by atoms with Crippen LogP contribution in [0.2, 0.25) is 10.0 Å². The number of nitrogens with zero attached hydrogens (tertiary/aromatic N) is 4. The summed E-state index contributed by atoms with van der Waals surface area (Å²) >= 11 is 13.9. The van der Waals surface area contributed by atoms with Crippen molar-refractivity contribution in [2.24, 2.45) is 0 Å². The molecule has 0 aliphatic carbocycles. The summed E-state index contributed by atoms with van der Waals surface area (Å²) < 4.78 is 8.09. The van der Waals surface area contributed by atoms with Gasteiger partial charge in [-0.3, -0.25) is 4.57 Å². The van der Waals surface area contributed by atoms with Gasteiger partial charge in [-0.25, -0.2) is 4.79 Å². The summed E-state index contributed by atoms with van der Waals surface area (Å²) in [6, 6.07) is 11.7. The monoisotopic (exact) mass is 604 g/mol. The van der Waals surface area contributed by atoms with Crippen LogP contribution in [0.1, 0.15) is 23.6 Å². The lowest BCUT2D eigenvalue weighted by Gasteiger charge is -2.42. The van der Waals surface area contributed by atoms with Crippen LogP contribution in [-0.4, -0.2) is 40.1 Å². The number of anilines is 1. The van der Waals surface area contributed by atoms with Gasteiger partial charge in [-0.2, -0.15) is 4.98 Å². The molecular weight excluding hydrogens is 574 g/mol. The number of benzene rings is 3. The molecule has 2 aliphatic heterocycles. The van der Waals surface area contributed by atoms with Crippen molar-refractivity contribution in [3.8, 4) is 22.6 Å². The summed E-state index contributed by atoms with van der Waals surface area (Å²) in [5.74, 6) is 1.14. The predicted octanol–water partition coefficient (Wildman–Crippen LogP) is 6.58. The lowest BCUT2D eigenvalue weighted by molar-refractivity contribution is 0.291. The maximum Gasteiger partial charge on any atom is 0.354 e. The molecule has 2 aliphatic rings. The normalized spacial score (nSPS) is 16.3. The molecule has 210 valence electrons. The maximum absolute atomic E-state index is 14.1. The molecule has 3 aromatic carbocycles. The molecule has 4 aromatic rings. The van der Waals surface area contributed by atoms with Gasteiger partial charge in [-0.1, -0.05) is 60.6 Å². The van der Waals surface area contributed by atoms with Gasteiger partial charge in [0, 0.05) is 47.9 Å². The highest BCUT2D eigenvalue weighted by molar-refractivity contribution is 7.28. The first-order valence-corrected chi connectivity index (χ1v) is 14.8. The van der Waals surface area contributed by atoms with E-state index in [1.54, 1.807) is 16.7 Å². The first kappa shape index (κ1) is 27.8. The second kappa shape index (κ2) is 10.5. The quantitative estimate of drug-likeness (QED) is 0.194. The van der Waals surface area contributed by atoms with E-state index < -0.39 is 5.69 Å². The van der Waals surface area contributed by atoms with Gasteiger partial charge < -0.3 is 14.5 Å². The van der Waals surface area contributed by atoms with E-state index in [2.05, 4.69) is 63.2 Å². The average Bonchev–Trinajstić information content (AvgIpc) is 2.95. The van der Waals surface area contributed by atoms with Crippen LogP contribution in [0.4, 0.5) is 5.82 Å². The fourth-order valence-electron chi connectivity index (χ4n) is 6.01. The van der Waals surface area contributed by atoms with Crippen LogP contribution in [0, 0.1) is 13.8 Å². The second-order valence-corrected chi connectivity index (χ2v) is 12.1. The van der Waals surface area contributed by atoms with Crippen molar-refractivity contribution in [2.45, 2.75) is 33.4 Å². The molecule has 1 unspecified atom stereocenters. The molecule has 1 fully saturated rings. The number of halogens is 2. The molecule has 2 atom stereocenters. The Hall–Kier alpha value is -3.31. The highest BCUT2D eigenvalue weighted by Crippen LogP contribution is 2.48. The summed E-state index contributed by atoms with van der Waals surface area (Å²) in [5, 5.41) is 2.78. The van der Waals surface area contributed by atoms with Gasteiger partial charge >= 0.3 is 5.69 Å². The van der Waals surface area contributed by atoms with Crippen molar-refractivity contribution >= 4 is 54.5 Å². The topological polar surface area (TPSA) is 50.6 Å². The van der Waals surface area contributed by atoms with Gasteiger partial charge in [0.2, 0.25) is 0 Å². The molecule has 9 heteroatoms. The smallest absolute Gasteiger partial charge is 0.354 e. The first-order chi connectivity index (χ1) is 19.6. The van der Waals surface area contributed by atoms with Crippen molar-refractivity contribution < 1.29 is 4.74 Å². The number of hydrogen-bond donors (Lipinski definition) is 0. The Morgan fingerprint density at radius 1 is 1.12 bits per heavy atom. The lowest BCUT2D eigenvalue weighted by Crippen LogP contribution is -2.52. The van der Waals surface area contributed by atoms with Crippen LogP contribution in [-0.2, 0) is 6.61 Å². The number of ether oxygens (including phenoxy) is 1. The van der Waals surface area contributed by atoms with Crippen LogP contribution in [0.5, 0.6) is 5.75 Å². The SMILES string of the molecule is C=CC(=C)N1CCN(c2nc(=O)n(-c3c(C)cccc3Cl)c3c4c(c(Cl)cc23)-c2c(ccc(C)c2P)CO4)[C@@H](C)C1. The van der Waals surface area contributed by atoms with Crippen molar-refractivity contribution in [3.63, 3.8) is 0 Å². The highest BCUT2D eigenvalue weighted by Gasteiger charge is 2.32. The van der Waals surface area contributed by atoms with Crippen LogP contribution in [0.25, 0.3) is 27.7 Å². The number of rotatable bonds is 4. The zero-order chi connectivity index (χ0) is 29.2. The third-order valence-corrected chi connectivity index (χ3v) is 9.54. The number of fused-ring (bicyclic) bond motifs is 5. The molecule has 3 heterocycles. The van der Waals surface area contributed by atoms with E-state index in [0.717, 1.165) is 57.3 Å². The van der Waals surface area contributed by atoms with Crippen LogP contribution < -0.4 is 20.6 Å². The third kappa shape index (κ3) is 4.44. The summed E-state index contributed by atoms with van der Waals surface area (Å²) in [6.45, 7) is 16.6. The summed E-state index contributed by atoms with van der Waals surface area (Å²) in [5.41, 5.74) is 6.44. The van der Waals surface area contributed by atoms with E-state index >= 15 is 0 Å². The predicted molar refractivity (Wildman–Crippen MR) is 174 cm³/mol. The Morgan fingerprint density at radius 3 is 2.61 bits per heavy atom. The molecule has 1 aromatic heterocycles. The number of allylic oxidation sites excluding steroid dienone is 1. The molecule has 0 bridgehead atoms. The van der Waals surface area contributed by atoms with Gasteiger partial charge in [0.1, 0.15) is 17.9 Å². The largest absolute Gasteiger partial charge is 0.486 e.